The first-order valence-electron chi connectivity index (χ1n) is 10.5. The van der Waals surface area contributed by atoms with Gasteiger partial charge in [-0.15, -0.1) is 0 Å². The average molecular weight is 418 g/mol. The summed E-state index contributed by atoms with van der Waals surface area (Å²) in [6, 6.07) is 17.5. The summed E-state index contributed by atoms with van der Waals surface area (Å²) in [4.78, 5) is 40.0. The van der Waals surface area contributed by atoms with Gasteiger partial charge in [0.1, 0.15) is 0 Å². The third-order valence-electron chi connectivity index (χ3n) is 5.93. The Hall–Kier alpha value is -3.48. The molecule has 0 N–H and O–H groups in total. The predicted molar refractivity (Wildman–Crippen MR) is 119 cm³/mol. The van der Waals surface area contributed by atoms with Crippen LogP contribution in [0.5, 0.6) is 0 Å². The number of likely N-dealkylation sites (tertiary alicyclic amines) is 1. The zero-order valence-electron chi connectivity index (χ0n) is 17.8. The van der Waals surface area contributed by atoms with E-state index in [1.54, 1.807) is 17.0 Å². The number of piperidine rings is 1. The normalized spacial score (nSPS) is 14.6. The minimum atomic E-state index is -0.662. The molecule has 0 atom stereocenters. The highest BCUT2D eigenvalue weighted by Gasteiger charge is 2.28. The summed E-state index contributed by atoms with van der Waals surface area (Å²) in [7, 11) is 1.37. The van der Waals surface area contributed by atoms with E-state index in [9.17, 15) is 14.4 Å². The zero-order valence-corrected chi connectivity index (χ0v) is 17.8. The van der Waals surface area contributed by atoms with Crippen LogP contribution in [0.4, 0.5) is 0 Å². The van der Waals surface area contributed by atoms with Crippen LogP contribution >= 0.6 is 0 Å². The molecule has 160 valence electrons. The molecule has 1 amide bonds. The maximum Gasteiger partial charge on any atom is 0.351 e. The van der Waals surface area contributed by atoms with Crippen LogP contribution in [0.2, 0.25) is 0 Å². The minimum absolute atomic E-state index is 0.218. The van der Waals surface area contributed by atoms with E-state index in [-0.39, 0.29) is 5.69 Å². The van der Waals surface area contributed by atoms with Gasteiger partial charge in [-0.2, -0.15) is 9.78 Å². The molecule has 3 aromatic rings. The van der Waals surface area contributed by atoms with E-state index in [0.717, 1.165) is 34.1 Å². The van der Waals surface area contributed by atoms with Gasteiger partial charge in [-0.1, -0.05) is 48.0 Å². The highest BCUT2D eigenvalue weighted by Crippen LogP contribution is 2.22. The van der Waals surface area contributed by atoms with Crippen LogP contribution in [0.1, 0.15) is 34.5 Å². The van der Waals surface area contributed by atoms with E-state index < -0.39 is 17.2 Å². The van der Waals surface area contributed by atoms with Crippen molar-refractivity contribution in [3.8, 4) is 5.69 Å². The number of nitrogens with zero attached hydrogens (tertiary/aromatic N) is 4. The lowest BCUT2D eigenvalue weighted by Gasteiger charge is -2.31. The topological polar surface area (TPSA) is 77.2 Å². The van der Waals surface area contributed by atoms with Gasteiger partial charge in [0.05, 0.1) is 5.69 Å². The molecule has 4 rings (SSSR count). The van der Waals surface area contributed by atoms with E-state index >= 15 is 0 Å². The monoisotopic (exact) mass is 418 g/mol. The summed E-state index contributed by atoms with van der Waals surface area (Å²) in [6.07, 6.45) is 2.73. The summed E-state index contributed by atoms with van der Waals surface area (Å²) in [6.45, 7) is 3.09. The SMILES string of the molecule is Cc1ccc(-n2nc(C(=O)N3CCC(Cc4ccccc4)CC3)c(=O)n(C)c2=O)cc1. The number of amides is 1. The van der Waals surface area contributed by atoms with Crippen LogP contribution in [0.25, 0.3) is 5.69 Å². The van der Waals surface area contributed by atoms with Gasteiger partial charge in [0, 0.05) is 20.1 Å². The Labute approximate surface area is 180 Å². The van der Waals surface area contributed by atoms with Crippen molar-refractivity contribution < 1.29 is 4.79 Å². The Balaban J connectivity index is 1.54. The maximum absolute atomic E-state index is 13.1. The number of hydrogen-bond acceptors (Lipinski definition) is 4. The van der Waals surface area contributed by atoms with Gasteiger partial charge >= 0.3 is 5.69 Å². The van der Waals surface area contributed by atoms with Gasteiger partial charge in [0.2, 0.25) is 5.69 Å². The molecule has 1 aliphatic rings. The molecule has 7 heteroatoms. The van der Waals surface area contributed by atoms with Gasteiger partial charge in [0.15, 0.2) is 0 Å². The molecule has 0 bridgehead atoms. The number of hydrogen-bond donors (Lipinski definition) is 0. The van der Waals surface area contributed by atoms with Gasteiger partial charge < -0.3 is 4.90 Å². The second kappa shape index (κ2) is 8.71. The van der Waals surface area contributed by atoms with Gasteiger partial charge in [0.25, 0.3) is 11.5 Å². The third kappa shape index (κ3) is 4.35. The van der Waals surface area contributed by atoms with Crippen molar-refractivity contribution in [3.05, 3.63) is 92.3 Å². The molecule has 7 nitrogen and oxygen atoms in total. The Bertz CT molecular complexity index is 1190. The van der Waals surface area contributed by atoms with Crippen molar-refractivity contribution >= 4 is 5.91 Å². The highest BCUT2D eigenvalue weighted by atomic mass is 16.2. The number of carbonyl (C=O) groups excluding carboxylic acids is 1. The largest absolute Gasteiger partial charge is 0.351 e. The summed E-state index contributed by atoms with van der Waals surface area (Å²) in [5.41, 5.74) is 1.40. The van der Waals surface area contributed by atoms with Gasteiger partial charge in [-0.25, -0.2) is 4.79 Å². The fourth-order valence-corrected chi connectivity index (χ4v) is 4.00. The molecule has 0 saturated carbocycles. The second-order valence-electron chi connectivity index (χ2n) is 8.17. The van der Waals surface area contributed by atoms with E-state index in [4.69, 9.17) is 0 Å². The first-order valence-corrected chi connectivity index (χ1v) is 10.5. The van der Waals surface area contributed by atoms with Crippen molar-refractivity contribution in [2.75, 3.05) is 13.1 Å². The summed E-state index contributed by atoms with van der Waals surface area (Å²) in [5.74, 6) is 0.0865. The number of rotatable bonds is 4. The quantitative estimate of drug-likeness (QED) is 0.652. The minimum Gasteiger partial charge on any atom is -0.337 e. The number of aryl methyl sites for hydroxylation is 1. The fourth-order valence-electron chi connectivity index (χ4n) is 4.00. The Morgan fingerprint density at radius 3 is 2.29 bits per heavy atom. The van der Waals surface area contributed by atoms with Crippen molar-refractivity contribution in [3.63, 3.8) is 0 Å². The summed E-state index contributed by atoms with van der Waals surface area (Å²) >= 11 is 0. The lowest BCUT2D eigenvalue weighted by molar-refractivity contribution is 0.0679. The standard InChI is InChI=1S/C24H26N4O3/c1-17-8-10-20(11-9-17)28-24(31)26(2)22(29)21(25-28)23(30)27-14-12-19(13-15-27)16-18-6-4-3-5-7-18/h3-11,19H,12-16H2,1-2H3. The van der Waals surface area contributed by atoms with E-state index in [1.807, 2.05) is 37.3 Å². The third-order valence-corrected chi connectivity index (χ3v) is 5.93. The molecule has 1 aliphatic heterocycles. The van der Waals surface area contributed by atoms with Crippen LogP contribution in [0.3, 0.4) is 0 Å². The van der Waals surface area contributed by atoms with Crippen molar-refractivity contribution in [1.82, 2.24) is 19.2 Å². The zero-order chi connectivity index (χ0) is 22.0. The van der Waals surface area contributed by atoms with Crippen LogP contribution in [0.15, 0.2) is 64.2 Å². The van der Waals surface area contributed by atoms with Crippen LogP contribution in [-0.4, -0.2) is 38.2 Å². The van der Waals surface area contributed by atoms with Crippen molar-refractivity contribution in [2.24, 2.45) is 13.0 Å². The van der Waals surface area contributed by atoms with Crippen molar-refractivity contribution in [1.29, 1.82) is 0 Å². The van der Waals surface area contributed by atoms with E-state index in [1.165, 1.54) is 12.6 Å². The molecular formula is C24H26N4O3. The van der Waals surface area contributed by atoms with Crippen LogP contribution in [-0.2, 0) is 13.5 Å². The summed E-state index contributed by atoms with van der Waals surface area (Å²) in [5, 5.41) is 4.17. The molecule has 1 aromatic heterocycles. The molecular weight excluding hydrogens is 392 g/mol. The number of aromatic nitrogens is 3. The Morgan fingerprint density at radius 1 is 1.00 bits per heavy atom. The number of carbonyl (C=O) groups is 1. The maximum atomic E-state index is 13.1. The molecule has 0 unspecified atom stereocenters. The molecule has 0 aliphatic carbocycles. The molecule has 1 saturated heterocycles. The molecule has 1 fully saturated rings. The molecule has 0 radical (unpaired) electrons. The van der Waals surface area contributed by atoms with E-state index in [0.29, 0.717) is 24.7 Å². The van der Waals surface area contributed by atoms with E-state index in [2.05, 4.69) is 17.2 Å². The molecule has 2 aromatic carbocycles. The fraction of sp³-hybridized carbons (Fsp3) is 0.333. The second-order valence-corrected chi connectivity index (χ2v) is 8.17. The Morgan fingerprint density at radius 2 is 1.65 bits per heavy atom. The smallest absolute Gasteiger partial charge is 0.337 e. The van der Waals surface area contributed by atoms with Crippen LogP contribution in [0, 0.1) is 12.8 Å². The lowest BCUT2D eigenvalue weighted by atomic mass is 9.90. The van der Waals surface area contributed by atoms with Crippen LogP contribution < -0.4 is 11.2 Å². The molecule has 0 spiro atoms. The average Bonchev–Trinajstić information content (AvgIpc) is 2.79. The number of benzene rings is 2. The first-order chi connectivity index (χ1) is 14.9. The van der Waals surface area contributed by atoms with Gasteiger partial charge in [-0.05, 0) is 49.8 Å². The first kappa shape index (κ1) is 20.8. The lowest BCUT2D eigenvalue weighted by Crippen LogP contribution is -2.47. The predicted octanol–water partition coefficient (Wildman–Crippen LogP) is 2.33. The molecule has 31 heavy (non-hydrogen) atoms. The summed E-state index contributed by atoms with van der Waals surface area (Å²) < 4.78 is 2.07. The molecule has 2 heterocycles. The van der Waals surface area contributed by atoms with Crippen molar-refractivity contribution in [2.45, 2.75) is 26.2 Å². The Kier molecular flexibility index (Phi) is 5.84. The van der Waals surface area contributed by atoms with Gasteiger partial charge in [-0.3, -0.25) is 14.2 Å². The highest BCUT2D eigenvalue weighted by molar-refractivity contribution is 5.91.